The minimum Gasteiger partial charge on any atom is -0.454 e. The van der Waals surface area contributed by atoms with Crippen LogP contribution in [-0.4, -0.2) is 38.2 Å². The molecule has 1 aliphatic rings. The van der Waals surface area contributed by atoms with Crippen molar-refractivity contribution in [3.8, 4) is 28.6 Å². The smallest absolute Gasteiger partial charge is 0.231 e. The zero-order chi connectivity index (χ0) is 23.5. The molecule has 34 heavy (non-hydrogen) atoms. The van der Waals surface area contributed by atoms with E-state index in [9.17, 15) is 4.79 Å². The lowest BCUT2D eigenvalue weighted by Gasteiger charge is -2.15. The van der Waals surface area contributed by atoms with Gasteiger partial charge >= 0.3 is 0 Å². The van der Waals surface area contributed by atoms with E-state index in [2.05, 4.69) is 20.5 Å². The van der Waals surface area contributed by atoms with Gasteiger partial charge in [-0.05, 0) is 55.3 Å². The molecule has 0 aliphatic carbocycles. The lowest BCUT2D eigenvalue weighted by molar-refractivity contribution is -0.119. The highest BCUT2D eigenvalue weighted by Crippen LogP contribution is 2.34. The minimum atomic E-state index is -0.178. The van der Waals surface area contributed by atoms with E-state index >= 15 is 0 Å². The molecule has 1 aliphatic heterocycles. The number of para-hydroxylation sites is 1. The lowest BCUT2D eigenvalue weighted by atomic mass is 10.1. The number of pyridine rings is 1. The SMILES string of the molecule is Cc1ccccc1-n1c(SCC(=O)N[C@H](C)c2ccc3c(c2)OCO3)nnc1-c1cccnc1. The van der Waals surface area contributed by atoms with Crippen molar-refractivity contribution in [2.75, 3.05) is 12.5 Å². The molecule has 0 saturated heterocycles. The van der Waals surface area contributed by atoms with Crippen LogP contribution >= 0.6 is 11.8 Å². The molecule has 0 saturated carbocycles. The number of aryl methyl sites for hydroxylation is 1. The Balaban J connectivity index is 1.34. The third-order valence-corrected chi connectivity index (χ3v) is 6.44. The molecule has 2 aromatic heterocycles. The summed E-state index contributed by atoms with van der Waals surface area (Å²) in [6, 6.07) is 17.3. The number of thioether (sulfide) groups is 1. The third-order valence-electron chi connectivity index (χ3n) is 5.52. The van der Waals surface area contributed by atoms with Gasteiger partial charge in [0.05, 0.1) is 17.5 Å². The van der Waals surface area contributed by atoms with Gasteiger partial charge in [0.25, 0.3) is 0 Å². The number of nitrogens with one attached hydrogen (secondary N) is 1. The number of aromatic nitrogens is 4. The van der Waals surface area contributed by atoms with Gasteiger partial charge in [0, 0.05) is 18.0 Å². The highest BCUT2D eigenvalue weighted by Gasteiger charge is 2.20. The molecule has 0 unspecified atom stereocenters. The van der Waals surface area contributed by atoms with Crippen molar-refractivity contribution in [3.05, 3.63) is 78.1 Å². The average molecular weight is 474 g/mol. The number of benzene rings is 2. The number of carbonyl (C=O) groups excluding carboxylic acids is 1. The van der Waals surface area contributed by atoms with Crippen LogP contribution in [-0.2, 0) is 4.79 Å². The van der Waals surface area contributed by atoms with Crippen LogP contribution in [0.5, 0.6) is 11.5 Å². The molecule has 0 radical (unpaired) electrons. The molecule has 0 spiro atoms. The number of hydrogen-bond acceptors (Lipinski definition) is 7. The van der Waals surface area contributed by atoms with Gasteiger partial charge < -0.3 is 14.8 Å². The zero-order valence-electron chi connectivity index (χ0n) is 18.8. The summed E-state index contributed by atoms with van der Waals surface area (Å²) in [4.78, 5) is 17.0. The van der Waals surface area contributed by atoms with E-state index in [4.69, 9.17) is 9.47 Å². The molecule has 4 aromatic rings. The molecule has 1 amide bonds. The Morgan fingerprint density at radius 2 is 1.97 bits per heavy atom. The second-order valence-electron chi connectivity index (χ2n) is 7.86. The van der Waals surface area contributed by atoms with Gasteiger partial charge in [-0.1, -0.05) is 36.0 Å². The summed E-state index contributed by atoms with van der Waals surface area (Å²) in [5, 5.41) is 12.5. The van der Waals surface area contributed by atoms with Gasteiger partial charge in [-0.2, -0.15) is 0 Å². The molecule has 1 N–H and O–H groups in total. The molecule has 0 bridgehead atoms. The highest BCUT2D eigenvalue weighted by molar-refractivity contribution is 7.99. The monoisotopic (exact) mass is 473 g/mol. The minimum absolute atomic E-state index is 0.0996. The van der Waals surface area contributed by atoms with Crippen LogP contribution < -0.4 is 14.8 Å². The van der Waals surface area contributed by atoms with Crippen LogP contribution in [0.1, 0.15) is 24.1 Å². The number of rotatable bonds is 7. The number of carbonyl (C=O) groups is 1. The molecule has 3 heterocycles. The van der Waals surface area contributed by atoms with E-state index in [0.717, 1.165) is 28.1 Å². The van der Waals surface area contributed by atoms with Crippen LogP contribution in [0.4, 0.5) is 0 Å². The number of nitrogens with zero attached hydrogens (tertiary/aromatic N) is 4. The zero-order valence-corrected chi connectivity index (χ0v) is 19.6. The Hall–Kier alpha value is -3.85. The van der Waals surface area contributed by atoms with Gasteiger partial charge in [-0.15, -0.1) is 10.2 Å². The maximum Gasteiger partial charge on any atom is 0.231 e. The third kappa shape index (κ3) is 4.47. The Morgan fingerprint density at radius 1 is 1.12 bits per heavy atom. The predicted octanol–water partition coefficient (Wildman–Crippen LogP) is 4.34. The number of hydrogen-bond donors (Lipinski definition) is 1. The van der Waals surface area contributed by atoms with Gasteiger partial charge in [0.2, 0.25) is 12.7 Å². The number of amides is 1. The van der Waals surface area contributed by atoms with Gasteiger partial charge in [0.15, 0.2) is 22.5 Å². The van der Waals surface area contributed by atoms with E-state index in [0.29, 0.717) is 16.7 Å². The normalized spacial score (nSPS) is 13.0. The highest BCUT2D eigenvalue weighted by atomic mass is 32.2. The Labute approximate surface area is 201 Å². The maximum absolute atomic E-state index is 12.8. The topological polar surface area (TPSA) is 91.2 Å². The second-order valence-corrected chi connectivity index (χ2v) is 8.80. The Morgan fingerprint density at radius 3 is 2.79 bits per heavy atom. The van der Waals surface area contributed by atoms with E-state index in [1.807, 2.05) is 73.0 Å². The number of ether oxygens (including phenoxy) is 2. The molecular weight excluding hydrogens is 450 g/mol. The summed E-state index contributed by atoms with van der Waals surface area (Å²) >= 11 is 1.34. The van der Waals surface area contributed by atoms with Crippen molar-refractivity contribution in [2.45, 2.75) is 25.0 Å². The first-order valence-corrected chi connectivity index (χ1v) is 11.8. The summed E-state index contributed by atoms with van der Waals surface area (Å²) in [6.07, 6.45) is 3.48. The van der Waals surface area contributed by atoms with Crippen LogP contribution in [0.25, 0.3) is 17.1 Å². The van der Waals surface area contributed by atoms with Crippen molar-refractivity contribution < 1.29 is 14.3 Å². The second kappa shape index (κ2) is 9.56. The summed E-state index contributed by atoms with van der Waals surface area (Å²) in [7, 11) is 0. The van der Waals surface area contributed by atoms with Crippen LogP contribution in [0.15, 0.2) is 72.1 Å². The van der Waals surface area contributed by atoms with E-state index in [-0.39, 0.29) is 24.5 Å². The average Bonchev–Trinajstić information content (AvgIpc) is 3.50. The van der Waals surface area contributed by atoms with Gasteiger partial charge in [-0.3, -0.25) is 14.3 Å². The predicted molar refractivity (Wildman–Crippen MR) is 129 cm³/mol. The van der Waals surface area contributed by atoms with Crippen molar-refractivity contribution in [2.24, 2.45) is 0 Å². The quantitative estimate of drug-likeness (QED) is 0.399. The van der Waals surface area contributed by atoms with Crippen LogP contribution in [0.2, 0.25) is 0 Å². The van der Waals surface area contributed by atoms with Crippen molar-refractivity contribution in [3.63, 3.8) is 0 Å². The van der Waals surface area contributed by atoms with Gasteiger partial charge in [-0.25, -0.2) is 0 Å². The van der Waals surface area contributed by atoms with Crippen molar-refractivity contribution >= 4 is 17.7 Å². The molecule has 9 heteroatoms. The summed E-state index contributed by atoms with van der Waals surface area (Å²) < 4.78 is 12.8. The molecular formula is C25H23N5O3S. The molecule has 1 atom stereocenters. The van der Waals surface area contributed by atoms with E-state index < -0.39 is 0 Å². The Bertz CT molecular complexity index is 1330. The molecule has 172 valence electrons. The van der Waals surface area contributed by atoms with Crippen molar-refractivity contribution in [1.29, 1.82) is 0 Å². The fourth-order valence-electron chi connectivity index (χ4n) is 3.76. The van der Waals surface area contributed by atoms with Crippen LogP contribution in [0, 0.1) is 6.92 Å². The summed E-state index contributed by atoms with van der Waals surface area (Å²) in [5.41, 5.74) is 3.84. The lowest BCUT2D eigenvalue weighted by Crippen LogP contribution is -2.28. The number of fused-ring (bicyclic) bond motifs is 1. The fourth-order valence-corrected chi connectivity index (χ4v) is 4.51. The van der Waals surface area contributed by atoms with E-state index in [1.54, 1.807) is 12.4 Å². The summed E-state index contributed by atoms with van der Waals surface area (Å²) in [5.74, 6) is 2.20. The molecule has 8 nitrogen and oxygen atoms in total. The first-order chi connectivity index (χ1) is 16.6. The van der Waals surface area contributed by atoms with E-state index in [1.165, 1.54) is 11.8 Å². The first kappa shape index (κ1) is 22.0. The standard InChI is InChI=1S/C25H23N5O3S/c1-16-6-3-4-8-20(16)30-24(19-7-5-11-26-13-19)28-29-25(30)34-14-23(31)27-17(2)18-9-10-21-22(12-18)33-15-32-21/h3-13,17H,14-15H2,1-2H3,(H,27,31)/t17-/m1/s1. The van der Waals surface area contributed by atoms with Gasteiger partial charge in [0.1, 0.15) is 0 Å². The largest absolute Gasteiger partial charge is 0.454 e. The first-order valence-electron chi connectivity index (χ1n) is 10.8. The Kier molecular flexibility index (Phi) is 6.18. The summed E-state index contributed by atoms with van der Waals surface area (Å²) in [6.45, 7) is 4.20. The molecule has 0 fully saturated rings. The molecule has 5 rings (SSSR count). The molecule has 2 aromatic carbocycles. The van der Waals surface area contributed by atoms with Crippen LogP contribution in [0.3, 0.4) is 0 Å². The van der Waals surface area contributed by atoms with Crippen molar-refractivity contribution in [1.82, 2.24) is 25.1 Å². The fraction of sp³-hybridized carbons (Fsp3) is 0.200. The maximum atomic E-state index is 12.8.